The van der Waals surface area contributed by atoms with Crippen LogP contribution in [-0.4, -0.2) is 4.98 Å². The molecule has 1 heteroatoms. The van der Waals surface area contributed by atoms with Gasteiger partial charge in [0.2, 0.25) is 0 Å². The smallest absolute Gasteiger partial charge is 0.0454 e. The van der Waals surface area contributed by atoms with Gasteiger partial charge in [-0.1, -0.05) is 37.6 Å². The van der Waals surface area contributed by atoms with Crippen molar-refractivity contribution in [3.8, 4) is 0 Å². The lowest BCUT2D eigenvalue weighted by atomic mass is 10.0. The minimum Gasteiger partial charge on any atom is -0.361 e. The van der Waals surface area contributed by atoms with Crippen molar-refractivity contribution in [2.45, 2.75) is 26.7 Å². The molecule has 1 aliphatic rings. The normalized spacial score (nSPS) is 14.1. The highest BCUT2D eigenvalue weighted by atomic mass is 14.7. The van der Waals surface area contributed by atoms with Crippen LogP contribution in [0.3, 0.4) is 0 Å². The lowest BCUT2D eigenvalue weighted by Crippen LogP contribution is -1.91. The molecule has 0 fully saturated rings. The molecule has 18 heavy (non-hydrogen) atoms. The van der Waals surface area contributed by atoms with Gasteiger partial charge in [0.05, 0.1) is 0 Å². The molecule has 1 radical (unpaired) electrons. The molecule has 0 bridgehead atoms. The van der Waals surface area contributed by atoms with E-state index in [1.54, 1.807) is 0 Å². The first-order chi connectivity index (χ1) is 8.81. The number of hydrogen-bond acceptors (Lipinski definition) is 0. The molecule has 1 aromatic heterocycles. The summed E-state index contributed by atoms with van der Waals surface area (Å²) in [5.41, 5.74) is 8.16. The Labute approximate surface area is 109 Å². The van der Waals surface area contributed by atoms with E-state index in [1.165, 1.54) is 40.0 Å². The largest absolute Gasteiger partial charge is 0.361 e. The lowest BCUT2D eigenvalue weighted by Gasteiger charge is -2.05. The fourth-order valence-electron chi connectivity index (χ4n) is 2.76. The first-order valence-electron chi connectivity index (χ1n) is 6.63. The zero-order valence-corrected chi connectivity index (χ0v) is 11.0. The highest BCUT2D eigenvalue weighted by molar-refractivity contribution is 6.01. The minimum absolute atomic E-state index is 1.14. The van der Waals surface area contributed by atoms with Gasteiger partial charge in [0.25, 0.3) is 0 Å². The third-order valence-electron chi connectivity index (χ3n) is 3.69. The van der Waals surface area contributed by atoms with E-state index in [4.69, 9.17) is 0 Å². The number of fused-ring (bicyclic) bond motifs is 1. The summed E-state index contributed by atoms with van der Waals surface area (Å²) in [6.07, 6.45) is 6.68. The predicted octanol–water partition coefficient (Wildman–Crippen LogP) is 4.46. The molecule has 0 saturated heterocycles. The van der Waals surface area contributed by atoms with Crippen LogP contribution in [0.15, 0.2) is 36.5 Å². The van der Waals surface area contributed by atoms with Crippen LogP contribution in [0.2, 0.25) is 0 Å². The number of hydrogen-bond donors (Lipinski definition) is 1. The Hall–Kier alpha value is -1.76. The second kappa shape index (κ2) is 4.49. The number of rotatable bonds is 3. The molecule has 3 rings (SSSR count). The van der Waals surface area contributed by atoms with E-state index in [-0.39, 0.29) is 0 Å². The number of allylic oxidation sites excluding steroid dienone is 2. The van der Waals surface area contributed by atoms with Gasteiger partial charge < -0.3 is 4.98 Å². The maximum Gasteiger partial charge on any atom is 0.0454 e. The third-order valence-corrected chi connectivity index (χ3v) is 3.69. The predicted molar refractivity (Wildman–Crippen MR) is 77.1 cm³/mol. The molecule has 1 N–H and O–H groups in total. The molecule has 0 atom stereocenters. The van der Waals surface area contributed by atoms with Crippen LogP contribution in [0.4, 0.5) is 0 Å². The van der Waals surface area contributed by atoms with Crippen molar-refractivity contribution < 1.29 is 0 Å². The maximum absolute atomic E-state index is 3.41. The zero-order valence-electron chi connectivity index (χ0n) is 11.0. The monoisotopic (exact) mass is 236 g/mol. The van der Waals surface area contributed by atoms with Crippen molar-refractivity contribution in [2.75, 3.05) is 0 Å². The van der Waals surface area contributed by atoms with Crippen molar-refractivity contribution >= 4 is 11.1 Å². The number of benzene rings is 1. The summed E-state index contributed by atoms with van der Waals surface area (Å²) in [5.74, 6) is 0. The molecule has 0 unspecified atom stereocenters. The Morgan fingerprint density at radius 2 is 1.94 bits per heavy atom. The van der Waals surface area contributed by atoms with Crippen LogP contribution >= 0.6 is 0 Å². The van der Waals surface area contributed by atoms with Crippen LogP contribution in [0.25, 0.3) is 11.1 Å². The molecule has 2 aromatic rings. The minimum atomic E-state index is 1.14. The van der Waals surface area contributed by atoms with Crippen molar-refractivity contribution in [3.63, 3.8) is 0 Å². The maximum atomic E-state index is 3.41. The molecule has 0 aliphatic heterocycles. The number of nitrogens with one attached hydrogen (secondary N) is 1. The Kier molecular flexibility index (Phi) is 2.83. The average Bonchev–Trinajstić information content (AvgIpc) is 2.96. The van der Waals surface area contributed by atoms with Gasteiger partial charge in [-0.2, -0.15) is 0 Å². The van der Waals surface area contributed by atoms with Gasteiger partial charge in [-0.15, -0.1) is 0 Å². The van der Waals surface area contributed by atoms with Gasteiger partial charge in [0, 0.05) is 18.3 Å². The second-order valence-electron chi connectivity index (χ2n) is 4.90. The molecule has 1 aromatic carbocycles. The van der Waals surface area contributed by atoms with E-state index in [0.29, 0.717) is 0 Å². The fourth-order valence-corrected chi connectivity index (χ4v) is 2.76. The highest BCUT2D eigenvalue weighted by Gasteiger charge is 2.21. The van der Waals surface area contributed by atoms with Gasteiger partial charge in [0.15, 0.2) is 0 Å². The summed E-state index contributed by atoms with van der Waals surface area (Å²) in [4.78, 5) is 3.41. The van der Waals surface area contributed by atoms with E-state index in [1.807, 2.05) is 0 Å². The Morgan fingerprint density at radius 3 is 2.72 bits per heavy atom. The van der Waals surface area contributed by atoms with Crippen LogP contribution in [0, 0.1) is 6.42 Å². The summed E-state index contributed by atoms with van der Waals surface area (Å²) in [6, 6.07) is 10.8. The molecule has 91 valence electrons. The highest BCUT2D eigenvalue weighted by Crippen LogP contribution is 2.39. The van der Waals surface area contributed by atoms with Gasteiger partial charge in [-0.25, -0.2) is 0 Å². The molecular formula is C17H18N. The van der Waals surface area contributed by atoms with Crippen LogP contribution in [-0.2, 0) is 6.42 Å². The van der Waals surface area contributed by atoms with Crippen LogP contribution < -0.4 is 0 Å². The first kappa shape index (κ1) is 11.3. The summed E-state index contributed by atoms with van der Waals surface area (Å²) < 4.78 is 0. The lowest BCUT2D eigenvalue weighted by molar-refractivity contribution is 0.919. The standard InChI is InChI=1S/C17H18N/c1-3-6-13-9-10-18-17(13)16-11-14-7-4-5-8-15(14)12(16)2/h4-5,7-11,18H,3,6H2,1-2H3. The van der Waals surface area contributed by atoms with E-state index in [9.17, 15) is 0 Å². The SMILES string of the molecule is CCCc1cc[nH]c1C1=C(C)c2ccccc2[CH]1. The van der Waals surface area contributed by atoms with Crippen molar-refractivity contribution in [1.82, 2.24) is 4.98 Å². The van der Waals surface area contributed by atoms with Gasteiger partial charge in [-0.05, 0) is 47.2 Å². The quantitative estimate of drug-likeness (QED) is 0.809. The summed E-state index contributed by atoms with van der Waals surface area (Å²) in [7, 11) is 0. The summed E-state index contributed by atoms with van der Waals surface area (Å²) in [5, 5.41) is 0. The van der Waals surface area contributed by atoms with E-state index in [2.05, 4.69) is 61.8 Å². The first-order valence-corrected chi connectivity index (χ1v) is 6.63. The number of H-pyrrole nitrogens is 1. The number of aromatic nitrogens is 1. The van der Waals surface area contributed by atoms with E-state index < -0.39 is 0 Å². The van der Waals surface area contributed by atoms with Gasteiger partial charge in [0.1, 0.15) is 0 Å². The van der Waals surface area contributed by atoms with Gasteiger partial charge in [-0.3, -0.25) is 0 Å². The fraction of sp³-hybridized carbons (Fsp3) is 0.235. The van der Waals surface area contributed by atoms with Crippen molar-refractivity contribution in [2.24, 2.45) is 0 Å². The topological polar surface area (TPSA) is 15.8 Å². The zero-order chi connectivity index (χ0) is 12.5. The molecular weight excluding hydrogens is 218 g/mol. The molecule has 1 heterocycles. The molecule has 1 nitrogen and oxygen atoms in total. The molecule has 0 amide bonds. The summed E-state index contributed by atoms with van der Waals surface area (Å²) in [6.45, 7) is 4.44. The third kappa shape index (κ3) is 1.71. The Bertz CT molecular complexity index is 602. The Morgan fingerprint density at radius 1 is 1.11 bits per heavy atom. The Balaban J connectivity index is 2.05. The van der Waals surface area contributed by atoms with E-state index >= 15 is 0 Å². The second-order valence-corrected chi connectivity index (χ2v) is 4.90. The van der Waals surface area contributed by atoms with Gasteiger partial charge >= 0.3 is 0 Å². The number of aromatic amines is 1. The van der Waals surface area contributed by atoms with Crippen molar-refractivity contribution in [1.29, 1.82) is 0 Å². The van der Waals surface area contributed by atoms with Crippen LogP contribution in [0.5, 0.6) is 0 Å². The molecule has 1 aliphatic carbocycles. The summed E-state index contributed by atoms with van der Waals surface area (Å²) >= 11 is 0. The number of aryl methyl sites for hydroxylation is 1. The average molecular weight is 236 g/mol. The van der Waals surface area contributed by atoms with Crippen molar-refractivity contribution in [3.05, 3.63) is 65.3 Å². The van der Waals surface area contributed by atoms with E-state index in [0.717, 1.165) is 6.42 Å². The molecule has 0 saturated carbocycles. The molecule has 0 spiro atoms. The van der Waals surface area contributed by atoms with Crippen LogP contribution in [0.1, 0.15) is 42.7 Å².